The average Bonchev–Trinajstić information content (AvgIpc) is 2.20. The number of aliphatic carboxylic acids is 1. The molecule has 0 fully saturated rings. The molecule has 0 bridgehead atoms. The SMILES string of the molecule is CCCCN(CC(N)=O)C(=O)NCC(=O)O. The monoisotopic (exact) mass is 231 g/mol. The first-order valence-electron chi connectivity index (χ1n) is 5.00. The van der Waals surface area contributed by atoms with Crippen LogP contribution >= 0.6 is 0 Å². The van der Waals surface area contributed by atoms with Gasteiger partial charge in [-0.2, -0.15) is 0 Å². The van der Waals surface area contributed by atoms with Crippen LogP contribution in [0.5, 0.6) is 0 Å². The number of carboxylic acid groups (broad SMARTS) is 1. The molecule has 0 rings (SSSR count). The molecule has 0 aliphatic carbocycles. The van der Waals surface area contributed by atoms with Crippen LogP contribution in [0.15, 0.2) is 0 Å². The fourth-order valence-electron chi connectivity index (χ4n) is 1.05. The normalized spacial score (nSPS) is 9.56. The van der Waals surface area contributed by atoms with Crippen molar-refractivity contribution < 1.29 is 19.5 Å². The summed E-state index contributed by atoms with van der Waals surface area (Å²) in [6.07, 6.45) is 1.59. The molecule has 0 unspecified atom stereocenters. The third kappa shape index (κ3) is 6.63. The lowest BCUT2D eigenvalue weighted by molar-refractivity contribution is -0.135. The minimum absolute atomic E-state index is 0.203. The molecule has 7 nitrogen and oxygen atoms in total. The van der Waals surface area contributed by atoms with Crippen molar-refractivity contribution in [3.05, 3.63) is 0 Å². The highest BCUT2D eigenvalue weighted by molar-refractivity contribution is 5.84. The summed E-state index contributed by atoms with van der Waals surface area (Å²) in [5.41, 5.74) is 4.98. The van der Waals surface area contributed by atoms with E-state index in [9.17, 15) is 14.4 Å². The Hall–Kier alpha value is -1.79. The molecule has 16 heavy (non-hydrogen) atoms. The van der Waals surface area contributed by atoms with Crippen LogP contribution in [-0.2, 0) is 9.59 Å². The lowest BCUT2D eigenvalue weighted by Crippen LogP contribution is -2.46. The highest BCUT2D eigenvalue weighted by Crippen LogP contribution is 1.95. The smallest absolute Gasteiger partial charge is 0.323 e. The van der Waals surface area contributed by atoms with Crippen molar-refractivity contribution >= 4 is 17.9 Å². The van der Waals surface area contributed by atoms with Crippen molar-refractivity contribution in [2.24, 2.45) is 5.73 Å². The van der Waals surface area contributed by atoms with Crippen molar-refractivity contribution in [2.75, 3.05) is 19.6 Å². The number of nitrogens with one attached hydrogen (secondary N) is 1. The van der Waals surface area contributed by atoms with Gasteiger partial charge in [-0.15, -0.1) is 0 Å². The Morgan fingerprint density at radius 3 is 2.44 bits per heavy atom. The number of primary amides is 1. The van der Waals surface area contributed by atoms with E-state index in [1.807, 2.05) is 6.92 Å². The molecule has 0 heterocycles. The van der Waals surface area contributed by atoms with Crippen LogP contribution in [0.2, 0.25) is 0 Å². The first-order chi connectivity index (χ1) is 7.47. The van der Waals surface area contributed by atoms with Crippen molar-refractivity contribution in [1.29, 1.82) is 0 Å². The number of hydrogen-bond acceptors (Lipinski definition) is 3. The summed E-state index contributed by atoms with van der Waals surface area (Å²) in [6.45, 7) is 1.65. The number of amides is 3. The molecule has 0 aromatic heterocycles. The van der Waals surface area contributed by atoms with Crippen LogP contribution < -0.4 is 11.1 Å². The van der Waals surface area contributed by atoms with Gasteiger partial charge in [-0.05, 0) is 6.42 Å². The molecule has 0 aromatic carbocycles. The molecule has 0 saturated carbocycles. The molecule has 0 aromatic rings. The van der Waals surface area contributed by atoms with Crippen LogP contribution in [-0.4, -0.2) is 47.5 Å². The number of urea groups is 1. The fraction of sp³-hybridized carbons (Fsp3) is 0.667. The second kappa shape index (κ2) is 7.49. The van der Waals surface area contributed by atoms with Gasteiger partial charge in [0, 0.05) is 6.54 Å². The van der Waals surface area contributed by atoms with Crippen molar-refractivity contribution in [3.8, 4) is 0 Å². The quantitative estimate of drug-likeness (QED) is 0.541. The van der Waals surface area contributed by atoms with E-state index in [1.165, 1.54) is 4.90 Å². The van der Waals surface area contributed by atoms with Crippen molar-refractivity contribution in [1.82, 2.24) is 10.2 Å². The summed E-state index contributed by atoms with van der Waals surface area (Å²) < 4.78 is 0. The predicted molar refractivity (Wildman–Crippen MR) is 56.7 cm³/mol. The second-order valence-electron chi connectivity index (χ2n) is 3.29. The van der Waals surface area contributed by atoms with Gasteiger partial charge >= 0.3 is 12.0 Å². The van der Waals surface area contributed by atoms with E-state index >= 15 is 0 Å². The second-order valence-corrected chi connectivity index (χ2v) is 3.29. The number of rotatable bonds is 7. The van der Waals surface area contributed by atoms with Gasteiger partial charge in [-0.3, -0.25) is 9.59 Å². The number of nitrogens with zero attached hydrogens (tertiary/aromatic N) is 1. The molecule has 92 valence electrons. The number of hydrogen-bond donors (Lipinski definition) is 3. The number of carbonyl (C=O) groups is 3. The van der Waals surface area contributed by atoms with Crippen LogP contribution in [0, 0.1) is 0 Å². The Morgan fingerprint density at radius 1 is 1.38 bits per heavy atom. The zero-order chi connectivity index (χ0) is 12.6. The summed E-state index contributed by atoms with van der Waals surface area (Å²) in [6, 6.07) is -0.588. The van der Waals surface area contributed by atoms with Crippen molar-refractivity contribution in [3.63, 3.8) is 0 Å². The molecular formula is C9H17N3O4. The van der Waals surface area contributed by atoms with E-state index in [2.05, 4.69) is 5.32 Å². The maximum Gasteiger partial charge on any atom is 0.323 e. The Balaban J connectivity index is 4.19. The van der Waals surface area contributed by atoms with E-state index in [0.29, 0.717) is 6.54 Å². The van der Waals surface area contributed by atoms with Crippen LogP contribution in [0.1, 0.15) is 19.8 Å². The molecule has 3 amide bonds. The predicted octanol–water partition coefficient (Wildman–Crippen LogP) is -0.632. The van der Waals surface area contributed by atoms with Gasteiger partial charge in [0.15, 0.2) is 0 Å². The Morgan fingerprint density at radius 2 is 2.00 bits per heavy atom. The highest BCUT2D eigenvalue weighted by atomic mass is 16.4. The lowest BCUT2D eigenvalue weighted by atomic mass is 10.3. The lowest BCUT2D eigenvalue weighted by Gasteiger charge is -2.20. The van der Waals surface area contributed by atoms with Gasteiger partial charge in [0.05, 0.1) is 0 Å². The molecule has 0 aliphatic heterocycles. The van der Waals surface area contributed by atoms with E-state index in [-0.39, 0.29) is 6.54 Å². The van der Waals surface area contributed by atoms with Gasteiger partial charge in [0.25, 0.3) is 0 Å². The zero-order valence-corrected chi connectivity index (χ0v) is 9.23. The molecular weight excluding hydrogens is 214 g/mol. The summed E-state index contributed by atoms with van der Waals surface area (Å²) >= 11 is 0. The summed E-state index contributed by atoms with van der Waals surface area (Å²) in [5.74, 6) is -1.76. The van der Waals surface area contributed by atoms with E-state index in [4.69, 9.17) is 10.8 Å². The third-order valence-corrected chi connectivity index (χ3v) is 1.81. The Labute approximate surface area is 93.6 Å². The zero-order valence-electron chi connectivity index (χ0n) is 9.23. The number of carboxylic acids is 1. The maximum atomic E-state index is 11.4. The summed E-state index contributed by atoms with van der Waals surface area (Å²) in [5, 5.41) is 10.6. The number of nitrogens with two attached hydrogens (primary N) is 1. The molecule has 4 N–H and O–H groups in total. The first kappa shape index (κ1) is 14.2. The molecule has 0 spiro atoms. The summed E-state index contributed by atoms with van der Waals surface area (Å²) in [4.78, 5) is 33.6. The first-order valence-corrected chi connectivity index (χ1v) is 5.00. The van der Waals surface area contributed by atoms with Gasteiger partial charge in [-0.25, -0.2) is 4.79 Å². The topological polar surface area (TPSA) is 113 Å². The summed E-state index contributed by atoms with van der Waals surface area (Å²) in [7, 11) is 0. The number of carbonyl (C=O) groups excluding carboxylic acids is 2. The van der Waals surface area contributed by atoms with E-state index < -0.39 is 24.5 Å². The van der Waals surface area contributed by atoms with E-state index in [0.717, 1.165) is 12.8 Å². The van der Waals surface area contributed by atoms with Gasteiger partial charge in [-0.1, -0.05) is 13.3 Å². The van der Waals surface area contributed by atoms with Crippen LogP contribution in [0.4, 0.5) is 4.79 Å². The molecule has 0 radical (unpaired) electrons. The van der Waals surface area contributed by atoms with Crippen LogP contribution in [0.3, 0.4) is 0 Å². The highest BCUT2D eigenvalue weighted by Gasteiger charge is 2.15. The fourth-order valence-corrected chi connectivity index (χ4v) is 1.05. The van der Waals surface area contributed by atoms with Crippen LogP contribution in [0.25, 0.3) is 0 Å². The largest absolute Gasteiger partial charge is 0.480 e. The maximum absolute atomic E-state index is 11.4. The molecule has 0 atom stereocenters. The minimum atomic E-state index is -1.14. The molecule has 0 saturated heterocycles. The Bertz CT molecular complexity index is 267. The average molecular weight is 231 g/mol. The number of unbranched alkanes of at least 4 members (excludes halogenated alkanes) is 1. The van der Waals surface area contributed by atoms with Gasteiger partial charge < -0.3 is 21.1 Å². The molecule has 7 heteroatoms. The van der Waals surface area contributed by atoms with Crippen molar-refractivity contribution in [2.45, 2.75) is 19.8 Å². The van der Waals surface area contributed by atoms with Gasteiger partial charge in [0.1, 0.15) is 13.1 Å². The molecule has 0 aliphatic rings. The van der Waals surface area contributed by atoms with Gasteiger partial charge in [0.2, 0.25) is 5.91 Å². The van der Waals surface area contributed by atoms with E-state index in [1.54, 1.807) is 0 Å². The third-order valence-electron chi connectivity index (χ3n) is 1.81. The minimum Gasteiger partial charge on any atom is -0.480 e. The standard InChI is InChI=1S/C9H17N3O4/c1-2-3-4-12(6-7(10)13)9(16)11-5-8(14)15/h2-6H2,1H3,(H2,10,13)(H,11,16)(H,14,15). The Kier molecular flexibility index (Phi) is 6.66.